The maximum absolute atomic E-state index is 12.5. The normalized spacial score (nSPS) is 13.3. The van der Waals surface area contributed by atoms with Crippen molar-refractivity contribution in [2.24, 2.45) is 0 Å². The smallest absolute Gasteiger partial charge is 0.410 e. The van der Waals surface area contributed by atoms with E-state index in [-0.39, 0.29) is 13.5 Å². The van der Waals surface area contributed by atoms with Crippen molar-refractivity contribution >= 4 is 135 Å². The maximum Gasteiger partial charge on any atom is 0.410 e. The fourth-order valence-corrected chi connectivity index (χ4v) is 9.58. The summed E-state index contributed by atoms with van der Waals surface area (Å²) in [4.78, 5) is 55.9. The minimum Gasteiger partial charge on any atom is -0.444 e. The summed E-state index contributed by atoms with van der Waals surface area (Å²) in [5, 5.41) is 2.73. The zero-order valence-corrected chi connectivity index (χ0v) is 45.1. The summed E-state index contributed by atoms with van der Waals surface area (Å²) in [5.41, 5.74) is 7.08. The summed E-state index contributed by atoms with van der Waals surface area (Å²) in [5.74, 6) is 2.91. The zero-order chi connectivity index (χ0) is 54.6. The van der Waals surface area contributed by atoms with Gasteiger partial charge in [-0.15, -0.1) is 0 Å². The highest BCUT2D eigenvalue weighted by Crippen LogP contribution is 2.35. The molecule has 0 spiro atoms. The number of carbonyl (C=O) groups is 1. The number of fused-ring (bicyclic) bond motifs is 2. The SMILES string of the molecule is C.CC(C)(C)OC(=O)N1CCN(c2nc(-c3ccnc(Cc4ccccc4)c3)nc3cncc(Cl)c23)CC1.Clc1cncc2nc(-c3ccnc(Cc4ccccc4)c3)nc(N3CCCCC3)c12.[B]B([B])B(B([B])[B])B([B])[B]. The van der Waals surface area contributed by atoms with Gasteiger partial charge in [0.25, 0.3) is 0 Å². The second-order valence-electron chi connectivity index (χ2n) is 20.0. The largest absolute Gasteiger partial charge is 0.444 e. The van der Waals surface area contributed by atoms with Crippen LogP contribution >= 0.6 is 23.2 Å². The molecule has 0 unspecified atom stereocenters. The van der Waals surface area contributed by atoms with Crippen LogP contribution in [0.25, 0.3) is 44.6 Å². The van der Waals surface area contributed by atoms with Crippen LogP contribution in [0.4, 0.5) is 16.4 Å². The molecular formula is C53H55B10Cl2N11O2. The number of ether oxygens (including phenoxy) is 1. The molecular weight excluding hydrogens is 1000 g/mol. The molecule has 13 nitrogen and oxygen atoms in total. The number of pyridine rings is 4. The summed E-state index contributed by atoms with van der Waals surface area (Å²) >= 11 is 13.1. The van der Waals surface area contributed by atoms with E-state index in [1.807, 2.05) is 81.6 Å². The van der Waals surface area contributed by atoms with Crippen molar-refractivity contribution in [2.45, 2.75) is 65.9 Å². The van der Waals surface area contributed by atoms with Gasteiger partial charge in [0.15, 0.2) is 11.6 Å². The summed E-state index contributed by atoms with van der Waals surface area (Å²) in [7, 11) is 31.8. The van der Waals surface area contributed by atoms with E-state index in [1.165, 1.54) is 30.4 Å². The molecule has 0 aliphatic carbocycles. The van der Waals surface area contributed by atoms with Gasteiger partial charge < -0.3 is 19.4 Å². The Morgan fingerprint density at radius 3 is 1.40 bits per heavy atom. The van der Waals surface area contributed by atoms with Crippen molar-refractivity contribution in [3.05, 3.63) is 155 Å². The number of rotatable bonds is 11. The molecule has 2 aromatic carbocycles. The summed E-state index contributed by atoms with van der Waals surface area (Å²) in [6.45, 7) is 9.82. The number of nitrogens with zero attached hydrogens (tertiary/aromatic N) is 11. The molecule has 10 rings (SSSR count). The fourth-order valence-electron chi connectivity index (χ4n) is 9.11. The van der Waals surface area contributed by atoms with Crippen LogP contribution in [0.5, 0.6) is 0 Å². The Kier molecular flexibility index (Phi) is 21.1. The highest BCUT2D eigenvalue weighted by molar-refractivity contribution is 8.00. The van der Waals surface area contributed by atoms with E-state index < -0.39 is 31.1 Å². The Morgan fingerprint density at radius 2 is 1.00 bits per heavy atom. The van der Waals surface area contributed by atoms with Gasteiger partial charge in [-0.2, -0.15) is 0 Å². The van der Waals surface area contributed by atoms with Crippen LogP contribution in [0.1, 0.15) is 70.0 Å². The van der Waals surface area contributed by atoms with E-state index in [9.17, 15) is 4.79 Å². The first-order valence-corrected chi connectivity index (χ1v) is 26.4. The lowest BCUT2D eigenvalue weighted by Gasteiger charge is -2.36. The Hall–Kier alpha value is -6.18. The van der Waals surface area contributed by atoms with Gasteiger partial charge in [0, 0.05) is 171 Å². The van der Waals surface area contributed by atoms with Crippen molar-refractivity contribution in [3.8, 4) is 22.8 Å². The number of piperidine rings is 1. The number of anilines is 2. The Labute approximate surface area is 478 Å². The van der Waals surface area contributed by atoms with E-state index in [1.54, 1.807) is 35.9 Å². The molecule has 25 heteroatoms. The molecule has 2 aliphatic heterocycles. The molecule has 0 saturated carbocycles. The third-order valence-electron chi connectivity index (χ3n) is 12.9. The van der Waals surface area contributed by atoms with Gasteiger partial charge in [-0.05, 0) is 75.4 Å². The second kappa shape index (κ2) is 27.6. The predicted octanol–water partition coefficient (Wildman–Crippen LogP) is 7.54. The molecule has 12 radical (unpaired) electrons. The summed E-state index contributed by atoms with van der Waals surface area (Å²) < 4.78 is 5.55. The van der Waals surface area contributed by atoms with Gasteiger partial charge >= 0.3 is 6.09 Å². The molecule has 8 aromatic rings. The number of amides is 1. The van der Waals surface area contributed by atoms with Gasteiger partial charge in [-0.1, -0.05) is 91.3 Å². The molecule has 2 fully saturated rings. The van der Waals surface area contributed by atoms with Crippen LogP contribution < -0.4 is 9.80 Å². The Balaban J connectivity index is 0.000000193. The molecule has 378 valence electrons. The van der Waals surface area contributed by atoms with E-state index in [4.69, 9.17) is 94.3 Å². The van der Waals surface area contributed by atoms with Gasteiger partial charge in [-0.3, -0.25) is 19.9 Å². The summed E-state index contributed by atoms with van der Waals surface area (Å²) in [6.07, 6.45) is 12.7. The highest BCUT2D eigenvalue weighted by Gasteiger charge is 2.29. The molecule has 0 N–H and O–H groups in total. The van der Waals surface area contributed by atoms with Crippen molar-refractivity contribution in [1.29, 1.82) is 0 Å². The topological polar surface area (TPSA) is 139 Å². The first kappa shape index (κ1) is 59.5. The number of halogens is 2. The van der Waals surface area contributed by atoms with Crippen LogP contribution in [-0.2, 0) is 17.6 Å². The number of benzene rings is 2. The zero-order valence-electron chi connectivity index (χ0n) is 43.6. The summed E-state index contributed by atoms with van der Waals surface area (Å²) in [6, 6.07) is 28.6. The van der Waals surface area contributed by atoms with Crippen molar-refractivity contribution in [3.63, 3.8) is 0 Å². The first-order chi connectivity index (χ1) is 37.0. The van der Waals surface area contributed by atoms with Crippen LogP contribution in [0, 0.1) is 0 Å². The average molecular weight is 1060 g/mol. The monoisotopic (exact) mass is 1060 g/mol. The number of carbonyl (C=O) groups excluding carboxylic acids is 1. The van der Waals surface area contributed by atoms with Crippen molar-refractivity contribution < 1.29 is 9.53 Å². The standard InChI is InChI=1S/C28H29ClN6O2.C24H22ClN5.CH4.B10/c1-28(2,3)37-27(36)35-13-11-34(12-14-35)26-24-22(29)17-30-18-23(24)32-25(33-26)20-9-10-31-21(16-20)15-19-7-5-4-6-8-19;25-20-15-26-16-21-22(20)24(30-11-5-2-6-12-30)29-23(28-21)18-9-10-27-19(14-18)13-17-7-3-1-4-8-17;;1-7(2)10(8(3)4)9(5)6/h4-10,16-18H,11-15H2,1-3H3;1,3-4,7-10,14-16H,2,5-6,11-13H2;1H4;. The molecule has 0 atom stereocenters. The molecule has 6 aromatic heterocycles. The lowest BCUT2D eigenvalue weighted by atomic mass is 8.58. The predicted molar refractivity (Wildman–Crippen MR) is 330 cm³/mol. The fraction of sp³-hybridized carbons (Fsp3) is 0.302. The Bertz CT molecular complexity index is 3230. The second-order valence-corrected chi connectivity index (χ2v) is 20.8. The van der Waals surface area contributed by atoms with Crippen molar-refractivity contribution in [2.75, 3.05) is 49.1 Å². The highest BCUT2D eigenvalue weighted by atomic mass is 35.5. The molecule has 0 bridgehead atoms. The average Bonchev–Trinajstić information content (AvgIpc) is 3.53. The van der Waals surface area contributed by atoms with Gasteiger partial charge in [0.05, 0.1) is 44.2 Å². The Morgan fingerprint density at radius 1 is 0.577 bits per heavy atom. The number of piperazine rings is 1. The van der Waals surface area contributed by atoms with Crippen molar-refractivity contribution in [1.82, 2.24) is 44.8 Å². The van der Waals surface area contributed by atoms with E-state index >= 15 is 0 Å². The quantitative estimate of drug-likeness (QED) is 0.118. The number of hydrogen-bond acceptors (Lipinski definition) is 12. The van der Waals surface area contributed by atoms with Gasteiger partial charge in [0.1, 0.15) is 17.2 Å². The minimum absolute atomic E-state index is 0. The molecule has 2 saturated heterocycles. The maximum atomic E-state index is 12.5. The van der Waals surface area contributed by atoms with Crippen LogP contribution in [0.2, 0.25) is 10.0 Å². The molecule has 2 aliphatic rings. The van der Waals surface area contributed by atoms with Gasteiger partial charge in [0.2, 0.25) is 0 Å². The van der Waals surface area contributed by atoms with Crippen LogP contribution in [0.15, 0.2) is 122 Å². The molecule has 78 heavy (non-hydrogen) atoms. The lowest BCUT2D eigenvalue weighted by Crippen LogP contribution is -2.62. The van der Waals surface area contributed by atoms with Gasteiger partial charge in [-0.25, -0.2) is 24.7 Å². The minimum atomic E-state index is -0.667. The van der Waals surface area contributed by atoms with E-state index in [0.717, 1.165) is 76.4 Å². The number of hydrogen-bond donors (Lipinski definition) is 0. The van der Waals surface area contributed by atoms with Crippen LogP contribution in [-0.4, -0.2) is 168 Å². The lowest BCUT2D eigenvalue weighted by molar-refractivity contribution is 0.0240. The third kappa shape index (κ3) is 15.8. The number of aromatic nitrogens is 8. The first-order valence-electron chi connectivity index (χ1n) is 25.6. The third-order valence-corrected chi connectivity index (χ3v) is 13.5. The molecule has 1 amide bonds. The van der Waals surface area contributed by atoms with E-state index in [2.05, 4.69) is 60.1 Å². The molecule has 8 heterocycles. The van der Waals surface area contributed by atoms with Crippen LogP contribution in [0.3, 0.4) is 0 Å². The van der Waals surface area contributed by atoms with E-state index in [0.29, 0.717) is 53.4 Å².